The van der Waals surface area contributed by atoms with Crippen molar-refractivity contribution >= 4 is 11.6 Å². The number of furan rings is 1. The molecule has 0 atom stereocenters. The van der Waals surface area contributed by atoms with Crippen molar-refractivity contribution in [1.82, 2.24) is 0 Å². The Morgan fingerprint density at radius 3 is 2.62 bits per heavy atom. The highest BCUT2D eigenvalue weighted by Crippen LogP contribution is 2.29. The zero-order valence-electron chi connectivity index (χ0n) is 15.0. The molecule has 0 bridgehead atoms. The number of anilines is 1. The molecule has 1 heterocycles. The molecule has 0 saturated heterocycles. The van der Waals surface area contributed by atoms with E-state index in [1.165, 1.54) is 0 Å². The van der Waals surface area contributed by atoms with Crippen LogP contribution >= 0.6 is 0 Å². The molecule has 2 aromatic carbocycles. The fourth-order valence-electron chi connectivity index (χ4n) is 2.82. The van der Waals surface area contributed by atoms with Crippen LogP contribution in [0, 0.1) is 13.8 Å². The van der Waals surface area contributed by atoms with Gasteiger partial charge in [0.25, 0.3) is 5.91 Å². The van der Waals surface area contributed by atoms with Gasteiger partial charge in [0.2, 0.25) is 0 Å². The highest BCUT2D eigenvalue weighted by molar-refractivity contribution is 6.07. The van der Waals surface area contributed by atoms with E-state index in [0.29, 0.717) is 28.5 Å². The summed E-state index contributed by atoms with van der Waals surface area (Å²) in [6, 6.07) is 14.7. The number of carbonyl (C=O) groups is 1. The Bertz CT molecular complexity index is 943. The van der Waals surface area contributed by atoms with Crippen molar-refractivity contribution in [3.05, 3.63) is 71.0 Å². The predicted octanol–water partition coefficient (Wildman–Crippen LogP) is 4.32. The molecule has 0 aliphatic carbocycles. The summed E-state index contributed by atoms with van der Waals surface area (Å²) < 4.78 is 10.9. The first-order chi connectivity index (χ1) is 12.5. The summed E-state index contributed by atoms with van der Waals surface area (Å²) in [5.41, 5.74) is 3.83. The van der Waals surface area contributed by atoms with Gasteiger partial charge in [-0.3, -0.25) is 4.79 Å². The average Bonchev–Trinajstić information content (AvgIpc) is 3.12. The lowest BCUT2D eigenvalue weighted by Gasteiger charge is -2.13. The molecule has 0 fully saturated rings. The number of hydrogen-bond acceptors (Lipinski definition) is 4. The van der Waals surface area contributed by atoms with Crippen LogP contribution in [0.25, 0.3) is 11.3 Å². The number of para-hydroxylation sites is 1. The van der Waals surface area contributed by atoms with Gasteiger partial charge in [0, 0.05) is 11.3 Å². The number of carbonyl (C=O) groups excluding carboxylic acids is 1. The molecule has 0 saturated carbocycles. The quantitative estimate of drug-likeness (QED) is 0.718. The molecule has 1 aromatic heterocycles. The van der Waals surface area contributed by atoms with Crippen LogP contribution in [-0.4, -0.2) is 18.1 Å². The van der Waals surface area contributed by atoms with Crippen LogP contribution in [0.4, 0.5) is 5.69 Å². The van der Waals surface area contributed by atoms with Gasteiger partial charge in [-0.1, -0.05) is 24.3 Å². The van der Waals surface area contributed by atoms with E-state index in [0.717, 1.165) is 16.7 Å². The summed E-state index contributed by atoms with van der Waals surface area (Å²) >= 11 is 0. The fourth-order valence-corrected chi connectivity index (χ4v) is 2.82. The molecule has 26 heavy (non-hydrogen) atoms. The molecule has 0 unspecified atom stereocenters. The van der Waals surface area contributed by atoms with Crippen LogP contribution in [-0.2, 0) is 6.61 Å². The van der Waals surface area contributed by atoms with Gasteiger partial charge < -0.3 is 19.6 Å². The zero-order chi connectivity index (χ0) is 18.7. The van der Waals surface area contributed by atoms with Crippen molar-refractivity contribution < 1.29 is 19.1 Å². The van der Waals surface area contributed by atoms with Crippen LogP contribution in [0.1, 0.15) is 27.2 Å². The number of hydrogen-bond donors (Lipinski definition) is 2. The van der Waals surface area contributed by atoms with Crippen molar-refractivity contribution in [3.63, 3.8) is 0 Å². The van der Waals surface area contributed by atoms with Crippen molar-refractivity contribution in [2.45, 2.75) is 20.5 Å². The topological polar surface area (TPSA) is 71.7 Å². The third kappa shape index (κ3) is 3.48. The maximum absolute atomic E-state index is 12.7. The molecule has 134 valence electrons. The van der Waals surface area contributed by atoms with Crippen LogP contribution in [0.2, 0.25) is 0 Å². The molecule has 0 spiro atoms. The lowest BCUT2D eigenvalue weighted by molar-refractivity contribution is 0.102. The number of ether oxygens (including phenoxy) is 1. The molecule has 2 N–H and O–H groups in total. The Balaban J connectivity index is 1.91. The van der Waals surface area contributed by atoms with E-state index in [1.807, 2.05) is 44.2 Å². The summed E-state index contributed by atoms with van der Waals surface area (Å²) in [6.07, 6.45) is 0. The minimum Gasteiger partial charge on any atom is -0.496 e. The molecule has 5 heteroatoms. The van der Waals surface area contributed by atoms with Crippen LogP contribution in [0.3, 0.4) is 0 Å². The number of aliphatic hydroxyl groups excluding tert-OH is 1. The summed E-state index contributed by atoms with van der Waals surface area (Å²) in [6.45, 7) is 3.67. The summed E-state index contributed by atoms with van der Waals surface area (Å²) in [5.74, 6) is 1.46. The van der Waals surface area contributed by atoms with Gasteiger partial charge in [0.15, 0.2) is 0 Å². The van der Waals surface area contributed by atoms with Gasteiger partial charge in [-0.15, -0.1) is 0 Å². The molecule has 0 radical (unpaired) electrons. The standard InChI is InChI=1S/C21H21NO4/c1-13-7-8-15(19-10-9-16(12-23)26-19)11-18(13)22-21(24)17-6-4-5-14(2)20(17)25-3/h4-11,23H,12H2,1-3H3,(H,22,24). The Morgan fingerprint density at radius 2 is 1.92 bits per heavy atom. The Morgan fingerprint density at radius 1 is 1.12 bits per heavy atom. The number of methoxy groups -OCH3 is 1. The van der Waals surface area contributed by atoms with Gasteiger partial charge in [-0.2, -0.15) is 0 Å². The highest BCUT2D eigenvalue weighted by Gasteiger charge is 2.15. The third-order valence-electron chi connectivity index (χ3n) is 4.25. The minimum atomic E-state index is -0.235. The van der Waals surface area contributed by atoms with Crippen molar-refractivity contribution in [3.8, 4) is 17.1 Å². The second-order valence-electron chi connectivity index (χ2n) is 6.06. The van der Waals surface area contributed by atoms with Gasteiger partial charge in [0.05, 0.1) is 12.7 Å². The second kappa shape index (κ2) is 7.45. The number of aliphatic hydroxyl groups is 1. The maximum Gasteiger partial charge on any atom is 0.259 e. The Hall–Kier alpha value is -3.05. The van der Waals surface area contributed by atoms with E-state index in [4.69, 9.17) is 14.3 Å². The molecule has 0 aliphatic rings. The van der Waals surface area contributed by atoms with Crippen LogP contribution < -0.4 is 10.1 Å². The molecule has 1 amide bonds. The first-order valence-corrected chi connectivity index (χ1v) is 8.29. The molecule has 3 aromatic rings. The number of rotatable bonds is 5. The van der Waals surface area contributed by atoms with E-state index in [2.05, 4.69) is 5.32 Å². The van der Waals surface area contributed by atoms with Crippen molar-refractivity contribution in [2.24, 2.45) is 0 Å². The largest absolute Gasteiger partial charge is 0.496 e. The second-order valence-corrected chi connectivity index (χ2v) is 6.06. The van der Waals surface area contributed by atoms with Crippen LogP contribution in [0.5, 0.6) is 5.75 Å². The first-order valence-electron chi connectivity index (χ1n) is 8.29. The Kier molecular flexibility index (Phi) is 5.09. The van der Waals surface area contributed by atoms with Gasteiger partial charge in [0.1, 0.15) is 23.9 Å². The van der Waals surface area contributed by atoms with E-state index in [1.54, 1.807) is 25.3 Å². The minimum absolute atomic E-state index is 0.150. The number of benzene rings is 2. The highest BCUT2D eigenvalue weighted by atomic mass is 16.5. The summed E-state index contributed by atoms with van der Waals surface area (Å²) in [5, 5.41) is 12.1. The number of aryl methyl sites for hydroxylation is 2. The van der Waals surface area contributed by atoms with E-state index < -0.39 is 0 Å². The van der Waals surface area contributed by atoms with Gasteiger partial charge in [-0.25, -0.2) is 0 Å². The molecular weight excluding hydrogens is 330 g/mol. The molecule has 3 rings (SSSR count). The SMILES string of the molecule is COc1c(C)cccc1C(=O)Nc1cc(-c2ccc(CO)o2)ccc1C. The summed E-state index contributed by atoms with van der Waals surface area (Å²) in [4.78, 5) is 12.7. The molecule has 0 aliphatic heterocycles. The third-order valence-corrected chi connectivity index (χ3v) is 4.25. The Labute approximate surface area is 152 Å². The average molecular weight is 351 g/mol. The predicted molar refractivity (Wildman–Crippen MR) is 100 cm³/mol. The van der Waals surface area contributed by atoms with E-state index in [9.17, 15) is 4.79 Å². The fraction of sp³-hybridized carbons (Fsp3) is 0.190. The van der Waals surface area contributed by atoms with Crippen molar-refractivity contribution in [1.29, 1.82) is 0 Å². The van der Waals surface area contributed by atoms with Crippen molar-refractivity contribution in [2.75, 3.05) is 12.4 Å². The van der Waals surface area contributed by atoms with E-state index >= 15 is 0 Å². The monoisotopic (exact) mass is 351 g/mol. The lowest BCUT2D eigenvalue weighted by Crippen LogP contribution is -2.14. The lowest BCUT2D eigenvalue weighted by atomic mass is 10.1. The molecule has 5 nitrogen and oxygen atoms in total. The summed E-state index contributed by atoms with van der Waals surface area (Å²) in [7, 11) is 1.56. The number of nitrogens with one attached hydrogen (secondary N) is 1. The first kappa shape index (κ1) is 17.8. The normalized spacial score (nSPS) is 10.6. The molecular formula is C21H21NO4. The number of amides is 1. The van der Waals surface area contributed by atoms with Gasteiger partial charge in [-0.05, 0) is 49.2 Å². The smallest absolute Gasteiger partial charge is 0.259 e. The van der Waals surface area contributed by atoms with Gasteiger partial charge >= 0.3 is 0 Å². The van der Waals surface area contributed by atoms with Crippen LogP contribution in [0.15, 0.2) is 52.9 Å². The maximum atomic E-state index is 12.7. The zero-order valence-corrected chi connectivity index (χ0v) is 15.0. The van der Waals surface area contributed by atoms with E-state index in [-0.39, 0.29) is 12.5 Å².